The van der Waals surface area contributed by atoms with Crippen LogP contribution in [-0.2, 0) is 0 Å². The number of oxime groups is 1. The van der Waals surface area contributed by atoms with E-state index in [1.807, 2.05) is 0 Å². The molecule has 0 aliphatic carbocycles. The lowest BCUT2D eigenvalue weighted by Crippen LogP contribution is -2.40. The molecule has 66 valence electrons. The molecular weight excluding hydrogens is 154 g/mol. The highest BCUT2D eigenvalue weighted by Crippen LogP contribution is 1.97. The third-order valence-electron chi connectivity index (χ3n) is 1.15. The van der Waals surface area contributed by atoms with Crippen LogP contribution in [0.1, 0.15) is 0 Å². The topological polar surface area (TPSA) is 114 Å². The Hall–Kier alpha value is -0.690. The highest BCUT2D eigenvalue weighted by atomic mass is 16.4. The van der Waals surface area contributed by atoms with Crippen LogP contribution in [-0.4, -0.2) is 56.8 Å². The normalized spacial score (nSPS) is 20.0. The molecule has 0 aliphatic rings. The average molecular weight is 165 g/mol. The predicted molar refractivity (Wildman–Crippen MR) is 35.4 cm³/mol. The third-order valence-corrected chi connectivity index (χ3v) is 1.15. The number of hydrogen-bond donors (Lipinski definition) is 5. The van der Waals surface area contributed by atoms with Gasteiger partial charge in [0.25, 0.3) is 0 Å². The van der Waals surface area contributed by atoms with Crippen LogP contribution in [0.5, 0.6) is 0 Å². The molecule has 0 amide bonds. The van der Waals surface area contributed by atoms with Crippen molar-refractivity contribution in [2.24, 2.45) is 5.16 Å². The molecule has 6 heteroatoms. The summed E-state index contributed by atoms with van der Waals surface area (Å²) in [6.45, 7) is -0.669. The molecule has 0 aromatic rings. The summed E-state index contributed by atoms with van der Waals surface area (Å²) in [4.78, 5) is 0. The van der Waals surface area contributed by atoms with Crippen molar-refractivity contribution >= 4 is 6.21 Å². The van der Waals surface area contributed by atoms with Crippen LogP contribution in [0.15, 0.2) is 5.16 Å². The summed E-state index contributed by atoms with van der Waals surface area (Å²) < 4.78 is 0. The number of hydrogen-bond acceptors (Lipinski definition) is 6. The first kappa shape index (κ1) is 10.3. The van der Waals surface area contributed by atoms with Gasteiger partial charge in [0.15, 0.2) is 0 Å². The Kier molecular flexibility index (Phi) is 4.71. The average Bonchev–Trinajstić information content (AvgIpc) is 2.02. The Morgan fingerprint density at radius 3 is 2.18 bits per heavy atom. The summed E-state index contributed by atoms with van der Waals surface area (Å²) in [5.74, 6) is 0. The molecule has 0 aliphatic heterocycles. The monoisotopic (exact) mass is 165 g/mol. The van der Waals surface area contributed by atoms with Crippen molar-refractivity contribution in [3.05, 3.63) is 0 Å². The highest BCUT2D eigenvalue weighted by molar-refractivity contribution is 5.62. The number of rotatable bonds is 4. The molecule has 0 heterocycles. The summed E-state index contributed by atoms with van der Waals surface area (Å²) in [5.41, 5.74) is 0. The molecule has 0 saturated carbocycles. The molecular formula is C5H11NO5. The molecule has 6 nitrogen and oxygen atoms in total. The molecule has 3 unspecified atom stereocenters. The first-order chi connectivity index (χ1) is 5.13. The van der Waals surface area contributed by atoms with Crippen molar-refractivity contribution in [3.63, 3.8) is 0 Å². The quantitative estimate of drug-likeness (QED) is 0.180. The van der Waals surface area contributed by atoms with E-state index in [-0.39, 0.29) is 0 Å². The molecule has 11 heavy (non-hydrogen) atoms. The summed E-state index contributed by atoms with van der Waals surface area (Å²) in [7, 11) is 0. The van der Waals surface area contributed by atoms with Crippen LogP contribution in [0.4, 0.5) is 0 Å². The van der Waals surface area contributed by atoms with Crippen LogP contribution in [0, 0.1) is 0 Å². The standard InChI is InChI=1S/C5H11NO5/c7-2-4(9)5(10)3(8)1-6-11/h1,3-5,7-11H,2H2. The number of aliphatic hydroxyl groups is 4. The fourth-order valence-corrected chi connectivity index (χ4v) is 0.492. The second kappa shape index (κ2) is 5.03. The van der Waals surface area contributed by atoms with Crippen molar-refractivity contribution in [1.82, 2.24) is 0 Å². The maximum absolute atomic E-state index is 8.85. The Labute approximate surface area is 63.0 Å². The fourth-order valence-electron chi connectivity index (χ4n) is 0.492. The van der Waals surface area contributed by atoms with Crippen molar-refractivity contribution in [1.29, 1.82) is 0 Å². The molecule has 5 N–H and O–H groups in total. The van der Waals surface area contributed by atoms with Gasteiger partial charge in [0, 0.05) is 0 Å². The summed E-state index contributed by atoms with van der Waals surface area (Å²) >= 11 is 0. The Balaban J connectivity index is 3.90. The minimum atomic E-state index is -1.55. The highest BCUT2D eigenvalue weighted by Gasteiger charge is 2.22. The molecule has 0 fully saturated rings. The number of nitrogens with zero attached hydrogens (tertiary/aromatic N) is 1. The zero-order valence-electron chi connectivity index (χ0n) is 5.70. The van der Waals surface area contributed by atoms with Crippen LogP contribution in [0.2, 0.25) is 0 Å². The van der Waals surface area contributed by atoms with Gasteiger partial charge < -0.3 is 25.6 Å². The predicted octanol–water partition coefficient (Wildman–Crippen LogP) is -2.48. The van der Waals surface area contributed by atoms with E-state index in [0.29, 0.717) is 6.21 Å². The Morgan fingerprint density at radius 2 is 1.82 bits per heavy atom. The zero-order valence-corrected chi connectivity index (χ0v) is 5.70. The van der Waals surface area contributed by atoms with Gasteiger partial charge in [-0.25, -0.2) is 0 Å². The SMILES string of the molecule is OCC(O)C(O)C(O)C=NO. The van der Waals surface area contributed by atoms with Gasteiger partial charge >= 0.3 is 0 Å². The molecule has 0 spiro atoms. The lowest BCUT2D eigenvalue weighted by Gasteiger charge is -2.17. The van der Waals surface area contributed by atoms with Crippen molar-refractivity contribution in [3.8, 4) is 0 Å². The van der Waals surface area contributed by atoms with Gasteiger partial charge in [-0.3, -0.25) is 0 Å². The Morgan fingerprint density at radius 1 is 1.27 bits per heavy atom. The lowest BCUT2D eigenvalue weighted by atomic mass is 10.1. The third kappa shape index (κ3) is 3.28. The van der Waals surface area contributed by atoms with Crippen molar-refractivity contribution < 1.29 is 25.6 Å². The summed E-state index contributed by atoms with van der Waals surface area (Å²) in [6, 6.07) is 0. The Bertz CT molecular complexity index is 128. The van der Waals surface area contributed by atoms with E-state index in [0.717, 1.165) is 0 Å². The second-order valence-corrected chi connectivity index (χ2v) is 2.00. The van der Waals surface area contributed by atoms with Crippen LogP contribution >= 0.6 is 0 Å². The second-order valence-electron chi connectivity index (χ2n) is 2.00. The van der Waals surface area contributed by atoms with Gasteiger partial charge in [-0.05, 0) is 0 Å². The fraction of sp³-hybridized carbons (Fsp3) is 0.800. The smallest absolute Gasteiger partial charge is 0.121 e. The summed E-state index contributed by atoms with van der Waals surface area (Å²) in [6.07, 6.45) is -3.83. The molecule has 0 rings (SSSR count). The van der Waals surface area contributed by atoms with Crippen LogP contribution < -0.4 is 0 Å². The molecule has 0 saturated heterocycles. The van der Waals surface area contributed by atoms with Crippen LogP contribution in [0.25, 0.3) is 0 Å². The van der Waals surface area contributed by atoms with E-state index < -0.39 is 24.9 Å². The molecule has 0 aromatic heterocycles. The van der Waals surface area contributed by atoms with Gasteiger partial charge in [-0.1, -0.05) is 5.16 Å². The van der Waals surface area contributed by atoms with Gasteiger partial charge in [0.1, 0.15) is 18.3 Å². The van der Waals surface area contributed by atoms with E-state index in [1.165, 1.54) is 0 Å². The largest absolute Gasteiger partial charge is 0.411 e. The maximum atomic E-state index is 8.85. The zero-order chi connectivity index (χ0) is 8.85. The molecule has 3 atom stereocenters. The minimum absolute atomic E-state index is 0.642. The maximum Gasteiger partial charge on any atom is 0.121 e. The van der Waals surface area contributed by atoms with Gasteiger partial charge in [0.05, 0.1) is 12.8 Å². The first-order valence-corrected chi connectivity index (χ1v) is 2.96. The molecule has 0 aromatic carbocycles. The van der Waals surface area contributed by atoms with E-state index in [9.17, 15) is 0 Å². The van der Waals surface area contributed by atoms with E-state index in [4.69, 9.17) is 25.6 Å². The van der Waals surface area contributed by atoms with E-state index in [2.05, 4.69) is 5.16 Å². The lowest BCUT2D eigenvalue weighted by molar-refractivity contribution is -0.0546. The van der Waals surface area contributed by atoms with Crippen molar-refractivity contribution in [2.45, 2.75) is 18.3 Å². The van der Waals surface area contributed by atoms with Gasteiger partial charge in [-0.15, -0.1) is 0 Å². The molecule has 0 bridgehead atoms. The number of aliphatic hydroxyl groups excluding tert-OH is 4. The van der Waals surface area contributed by atoms with Gasteiger partial charge in [0.2, 0.25) is 0 Å². The van der Waals surface area contributed by atoms with E-state index >= 15 is 0 Å². The minimum Gasteiger partial charge on any atom is -0.411 e. The van der Waals surface area contributed by atoms with E-state index in [1.54, 1.807) is 0 Å². The van der Waals surface area contributed by atoms with Crippen molar-refractivity contribution in [2.75, 3.05) is 6.61 Å². The molecule has 0 radical (unpaired) electrons. The van der Waals surface area contributed by atoms with Gasteiger partial charge in [-0.2, -0.15) is 0 Å². The van der Waals surface area contributed by atoms with Crippen LogP contribution in [0.3, 0.4) is 0 Å². The first-order valence-electron chi connectivity index (χ1n) is 2.96. The summed E-state index contributed by atoms with van der Waals surface area (Å²) in [5, 5.41) is 45.0.